The summed E-state index contributed by atoms with van der Waals surface area (Å²) in [6.45, 7) is 2.24. The number of nitro groups is 1. The minimum Gasteiger partial charge on any atom is -0.490 e. The molecule has 1 aromatic heterocycles. The molecule has 0 bridgehead atoms. The zero-order chi connectivity index (χ0) is 19.4. The lowest BCUT2D eigenvalue weighted by molar-refractivity contribution is -0.384. The Balaban J connectivity index is 1.90. The molecule has 3 aromatic rings. The highest BCUT2D eigenvalue weighted by Crippen LogP contribution is 2.25. The fourth-order valence-electron chi connectivity index (χ4n) is 2.53. The number of nitrogens with zero attached hydrogens (tertiary/aromatic N) is 1. The third-order valence-electron chi connectivity index (χ3n) is 3.82. The van der Waals surface area contributed by atoms with E-state index >= 15 is 0 Å². The van der Waals surface area contributed by atoms with E-state index in [2.05, 4.69) is 0 Å². The first-order valence-electron chi connectivity index (χ1n) is 8.16. The quantitative estimate of drug-likeness (QED) is 0.215. The van der Waals surface area contributed by atoms with E-state index in [0.717, 1.165) is 0 Å². The lowest BCUT2D eigenvalue weighted by Gasteiger charge is -2.06. The van der Waals surface area contributed by atoms with Gasteiger partial charge in [-0.2, -0.15) is 0 Å². The molecule has 0 atom stereocenters. The molecule has 0 fully saturated rings. The van der Waals surface area contributed by atoms with Gasteiger partial charge in [-0.05, 0) is 42.8 Å². The van der Waals surface area contributed by atoms with Crippen LogP contribution in [0.1, 0.15) is 22.8 Å². The van der Waals surface area contributed by atoms with Gasteiger partial charge in [-0.1, -0.05) is 18.2 Å². The summed E-state index contributed by atoms with van der Waals surface area (Å²) < 4.78 is 10.7. The molecule has 1 heterocycles. The Morgan fingerprint density at radius 2 is 1.96 bits per heavy atom. The topological polar surface area (TPSA) is 99.6 Å². The number of nitro benzene ring substituents is 1. The molecule has 0 amide bonds. The summed E-state index contributed by atoms with van der Waals surface area (Å²) in [6, 6.07) is 12.3. The molecule has 0 aliphatic rings. The van der Waals surface area contributed by atoms with Crippen molar-refractivity contribution in [1.82, 2.24) is 0 Å². The highest BCUT2D eigenvalue weighted by Gasteiger charge is 2.14. The Labute approximate surface area is 153 Å². The van der Waals surface area contributed by atoms with Gasteiger partial charge in [-0.15, -0.1) is 0 Å². The predicted octanol–water partition coefficient (Wildman–Crippen LogP) is 4.00. The summed E-state index contributed by atoms with van der Waals surface area (Å²) in [5, 5.41) is 11.2. The van der Waals surface area contributed by atoms with Gasteiger partial charge in [0.15, 0.2) is 17.1 Å². The van der Waals surface area contributed by atoms with Crippen molar-refractivity contribution in [2.24, 2.45) is 0 Å². The number of fused-ring (bicyclic) bond motifs is 1. The normalized spacial score (nSPS) is 11.0. The van der Waals surface area contributed by atoms with Crippen molar-refractivity contribution in [1.29, 1.82) is 0 Å². The molecule has 0 spiro atoms. The van der Waals surface area contributed by atoms with Gasteiger partial charge in [0.05, 0.1) is 11.5 Å². The minimum atomic E-state index is -0.756. The van der Waals surface area contributed by atoms with Crippen LogP contribution in [0.5, 0.6) is 5.75 Å². The van der Waals surface area contributed by atoms with Gasteiger partial charge < -0.3 is 9.15 Å². The molecule has 0 radical (unpaired) electrons. The van der Waals surface area contributed by atoms with Gasteiger partial charge in [0.2, 0.25) is 0 Å². The van der Waals surface area contributed by atoms with Crippen LogP contribution in [0, 0.1) is 10.1 Å². The Morgan fingerprint density at radius 3 is 2.63 bits per heavy atom. The third-order valence-corrected chi connectivity index (χ3v) is 3.82. The molecule has 27 heavy (non-hydrogen) atoms. The van der Waals surface area contributed by atoms with E-state index in [-0.39, 0.29) is 11.3 Å². The van der Waals surface area contributed by atoms with Crippen molar-refractivity contribution in [3.8, 4) is 5.75 Å². The number of carbonyl (C=O) groups is 1. The van der Waals surface area contributed by atoms with Crippen LogP contribution in [0.4, 0.5) is 5.69 Å². The van der Waals surface area contributed by atoms with Crippen molar-refractivity contribution in [3.05, 3.63) is 86.3 Å². The highest BCUT2D eigenvalue weighted by molar-refractivity contribution is 6.08. The predicted molar refractivity (Wildman–Crippen MR) is 100 cm³/mol. The number of carbonyl (C=O) groups excluding carboxylic acids is 1. The molecule has 0 aliphatic heterocycles. The molecule has 3 rings (SSSR count). The van der Waals surface area contributed by atoms with E-state index in [0.29, 0.717) is 28.9 Å². The highest BCUT2D eigenvalue weighted by atomic mass is 16.6. The number of benzene rings is 2. The van der Waals surface area contributed by atoms with Crippen LogP contribution in [-0.2, 0) is 0 Å². The fourth-order valence-corrected chi connectivity index (χ4v) is 2.53. The number of para-hydroxylation sites is 1. The van der Waals surface area contributed by atoms with Crippen molar-refractivity contribution >= 4 is 28.5 Å². The van der Waals surface area contributed by atoms with Crippen LogP contribution in [0.15, 0.2) is 63.8 Å². The zero-order valence-corrected chi connectivity index (χ0v) is 14.4. The first-order valence-corrected chi connectivity index (χ1v) is 8.16. The number of ketones is 1. The molecule has 0 aliphatic carbocycles. The Morgan fingerprint density at radius 1 is 1.22 bits per heavy atom. The largest absolute Gasteiger partial charge is 0.490 e. The average molecular weight is 365 g/mol. The Bertz CT molecular complexity index is 1100. The number of hydrogen-bond donors (Lipinski definition) is 0. The monoisotopic (exact) mass is 365 g/mol. The van der Waals surface area contributed by atoms with Gasteiger partial charge in [0.1, 0.15) is 5.56 Å². The Hall–Kier alpha value is -3.74. The summed E-state index contributed by atoms with van der Waals surface area (Å²) >= 11 is 0. The fraction of sp³-hybridized carbons (Fsp3) is 0.100. The molecular weight excluding hydrogens is 350 g/mol. The SMILES string of the molecule is CCOc1cccc2cc(C(=O)C=Cc3ccc([N+](=O)[O-])cc3)c(=O)oc12. The minimum absolute atomic E-state index is 0.0428. The number of ether oxygens (including phenoxy) is 1. The molecule has 0 unspecified atom stereocenters. The van der Waals surface area contributed by atoms with Crippen LogP contribution in [0.3, 0.4) is 0 Å². The lowest BCUT2D eigenvalue weighted by Crippen LogP contribution is -2.12. The number of non-ortho nitro benzene ring substituents is 1. The number of rotatable bonds is 6. The molecule has 7 heteroatoms. The summed E-state index contributed by atoms with van der Waals surface area (Å²) in [5.74, 6) is -0.0849. The number of hydrogen-bond acceptors (Lipinski definition) is 6. The van der Waals surface area contributed by atoms with Crippen LogP contribution < -0.4 is 10.4 Å². The van der Waals surface area contributed by atoms with Gasteiger partial charge >= 0.3 is 5.63 Å². The summed E-state index contributed by atoms with van der Waals surface area (Å²) in [5.41, 5.74) is -0.0147. The van der Waals surface area contributed by atoms with Gasteiger partial charge in [0, 0.05) is 17.5 Å². The van der Waals surface area contributed by atoms with Crippen LogP contribution in [0.2, 0.25) is 0 Å². The van der Waals surface area contributed by atoms with Crippen LogP contribution in [-0.4, -0.2) is 17.3 Å². The average Bonchev–Trinajstić information content (AvgIpc) is 2.66. The van der Waals surface area contributed by atoms with Crippen molar-refractivity contribution in [2.75, 3.05) is 6.61 Å². The smallest absolute Gasteiger partial charge is 0.347 e. The molecular formula is C20H15NO6. The maximum absolute atomic E-state index is 12.4. The molecule has 0 N–H and O–H groups in total. The first kappa shape index (κ1) is 18.1. The summed E-state index contributed by atoms with van der Waals surface area (Å²) in [4.78, 5) is 34.7. The van der Waals surface area contributed by atoms with Crippen LogP contribution >= 0.6 is 0 Å². The second kappa shape index (κ2) is 7.65. The molecule has 2 aromatic carbocycles. The second-order valence-corrected chi connectivity index (χ2v) is 5.60. The van der Waals surface area contributed by atoms with E-state index in [1.54, 1.807) is 18.2 Å². The molecule has 0 saturated heterocycles. The van der Waals surface area contributed by atoms with E-state index in [1.807, 2.05) is 6.92 Å². The van der Waals surface area contributed by atoms with E-state index in [1.165, 1.54) is 42.5 Å². The standard InChI is InChI=1S/C20H15NO6/c1-2-26-18-5-3-4-14-12-16(20(23)27-19(14)18)17(22)11-8-13-6-9-15(10-7-13)21(24)25/h3-12H,2H2,1H3. The third kappa shape index (κ3) is 3.92. The van der Waals surface area contributed by atoms with E-state index < -0.39 is 16.3 Å². The zero-order valence-electron chi connectivity index (χ0n) is 14.4. The van der Waals surface area contributed by atoms with Gasteiger partial charge in [-0.25, -0.2) is 4.79 Å². The first-order chi connectivity index (χ1) is 13.0. The van der Waals surface area contributed by atoms with Crippen molar-refractivity contribution in [2.45, 2.75) is 6.92 Å². The summed E-state index contributed by atoms with van der Waals surface area (Å²) in [7, 11) is 0. The van der Waals surface area contributed by atoms with Crippen molar-refractivity contribution in [3.63, 3.8) is 0 Å². The second-order valence-electron chi connectivity index (χ2n) is 5.60. The van der Waals surface area contributed by atoms with Crippen molar-refractivity contribution < 1.29 is 18.9 Å². The van der Waals surface area contributed by atoms with E-state index in [9.17, 15) is 19.7 Å². The molecule has 7 nitrogen and oxygen atoms in total. The molecule has 136 valence electrons. The van der Waals surface area contributed by atoms with E-state index in [4.69, 9.17) is 9.15 Å². The van der Waals surface area contributed by atoms with Gasteiger partial charge in [-0.3, -0.25) is 14.9 Å². The van der Waals surface area contributed by atoms with Crippen LogP contribution in [0.25, 0.3) is 17.0 Å². The summed E-state index contributed by atoms with van der Waals surface area (Å²) in [6.07, 6.45) is 2.71. The Kier molecular flexibility index (Phi) is 5.12. The maximum Gasteiger partial charge on any atom is 0.347 e. The lowest BCUT2D eigenvalue weighted by atomic mass is 10.1. The van der Waals surface area contributed by atoms with Gasteiger partial charge in [0.25, 0.3) is 5.69 Å². The molecule has 0 saturated carbocycles. The maximum atomic E-state index is 12.4. The number of allylic oxidation sites excluding steroid dienone is 1.